The topological polar surface area (TPSA) is 12.0 Å². The quantitative estimate of drug-likeness (QED) is 0.861. The molecule has 3 heteroatoms. The molecule has 0 aliphatic carbocycles. The van der Waals surface area contributed by atoms with Gasteiger partial charge in [0, 0.05) is 12.1 Å². The predicted octanol–water partition coefficient (Wildman–Crippen LogP) is 4.38. The van der Waals surface area contributed by atoms with E-state index >= 15 is 0 Å². The Morgan fingerprint density at radius 1 is 0.789 bits per heavy atom. The second-order valence-corrected chi connectivity index (χ2v) is 4.72. The summed E-state index contributed by atoms with van der Waals surface area (Å²) in [5, 5.41) is 3.33. The van der Waals surface area contributed by atoms with E-state index in [4.69, 9.17) is 0 Å². The first-order chi connectivity index (χ1) is 9.06. The Hall–Kier alpha value is -1.74. The lowest BCUT2D eigenvalue weighted by atomic mass is 10.0. The summed E-state index contributed by atoms with van der Waals surface area (Å²) in [6.07, 6.45) is 0. The lowest BCUT2D eigenvalue weighted by Crippen LogP contribution is -2.22. The first-order valence-electron chi connectivity index (χ1n) is 6.33. The zero-order valence-electron chi connectivity index (χ0n) is 11.0. The van der Waals surface area contributed by atoms with E-state index in [1.165, 1.54) is 24.3 Å². The van der Waals surface area contributed by atoms with Gasteiger partial charge in [-0.05, 0) is 49.2 Å². The van der Waals surface area contributed by atoms with Crippen molar-refractivity contribution in [3.05, 3.63) is 71.3 Å². The van der Waals surface area contributed by atoms with Crippen LogP contribution >= 0.6 is 0 Å². The van der Waals surface area contributed by atoms with Crippen molar-refractivity contribution < 1.29 is 8.78 Å². The number of halogens is 2. The fourth-order valence-corrected chi connectivity index (χ4v) is 2.12. The minimum absolute atomic E-state index is 0.00559. The third-order valence-electron chi connectivity index (χ3n) is 3.20. The fraction of sp³-hybridized carbons (Fsp3) is 0.250. The maximum atomic E-state index is 13.2. The molecule has 0 fully saturated rings. The fourth-order valence-electron chi connectivity index (χ4n) is 2.12. The van der Waals surface area contributed by atoms with Crippen LogP contribution < -0.4 is 5.32 Å². The molecule has 2 rings (SSSR count). The van der Waals surface area contributed by atoms with Gasteiger partial charge in [0.15, 0.2) is 0 Å². The SMILES string of the molecule is CC(NC(C)c1cccc(F)c1)c1cccc(F)c1. The van der Waals surface area contributed by atoms with Crippen LogP contribution in [0.1, 0.15) is 37.1 Å². The van der Waals surface area contributed by atoms with Crippen molar-refractivity contribution in [2.75, 3.05) is 0 Å². The van der Waals surface area contributed by atoms with Gasteiger partial charge in [-0.3, -0.25) is 0 Å². The maximum absolute atomic E-state index is 13.2. The van der Waals surface area contributed by atoms with Crippen molar-refractivity contribution in [1.82, 2.24) is 5.32 Å². The third kappa shape index (κ3) is 3.61. The summed E-state index contributed by atoms with van der Waals surface area (Å²) in [5.74, 6) is -0.492. The second-order valence-electron chi connectivity index (χ2n) is 4.72. The van der Waals surface area contributed by atoms with Gasteiger partial charge in [0.05, 0.1) is 0 Å². The van der Waals surface area contributed by atoms with Crippen LogP contribution in [0.15, 0.2) is 48.5 Å². The molecule has 0 amide bonds. The van der Waals surface area contributed by atoms with Gasteiger partial charge >= 0.3 is 0 Å². The summed E-state index contributed by atoms with van der Waals surface area (Å²) in [6.45, 7) is 3.93. The molecule has 1 nitrogen and oxygen atoms in total. The number of benzene rings is 2. The van der Waals surface area contributed by atoms with Crippen molar-refractivity contribution >= 4 is 0 Å². The highest BCUT2D eigenvalue weighted by Crippen LogP contribution is 2.20. The minimum atomic E-state index is -0.246. The van der Waals surface area contributed by atoms with Crippen LogP contribution in [0.4, 0.5) is 8.78 Å². The molecule has 2 aromatic carbocycles. The Kier molecular flexibility index (Phi) is 4.27. The molecule has 100 valence electrons. The molecule has 0 spiro atoms. The van der Waals surface area contributed by atoms with Crippen molar-refractivity contribution in [1.29, 1.82) is 0 Å². The van der Waals surface area contributed by atoms with Crippen molar-refractivity contribution in [3.8, 4) is 0 Å². The van der Waals surface area contributed by atoms with Gasteiger partial charge < -0.3 is 5.32 Å². The molecule has 0 saturated carbocycles. The monoisotopic (exact) mass is 261 g/mol. The molecule has 2 unspecified atom stereocenters. The molecule has 2 atom stereocenters. The summed E-state index contributed by atoms with van der Waals surface area (Å²) in [6, 6.07) is 13.0. The smallest absolute Gasteiger partial charge is 0.123 e. The molecule has 19 heavy (non-hydrogen) atoms. The second kappa shape index (κ2) is 5.93. The van der Waals surface area contributed by atoms with E-state index in [-0.39, 0.29) is 23.7 Å². The van der Waals surface area contributed by atoms with Crippen LogP contribution in [0.2, 0.25) is 0 Å². The molecule has 1 N–H and O–H groups in total. The Labute approximate surface area is 112 Å². The van der Waals surface area contributed by atoms with E-state index in [0.29, 0.717) is 0 Å². The Morgan fingerprint density at radius 2 is 1.21 bits per heavy atom. The van der Waals surface area contributed by atoms with Gasteiger partial charge in [0.25, 0.3) is 0 Å². The highest BCUT2D eigenvalue weighted by Gasteiger charge is 2.12. The number of hydrogen-bond donors (Lipinski definition) is 1. The molecule has 0 aromatic heterocycles. The van der Waals surface area contributed by atoms with Gasteiger partial charge in [-0.1, -0.05) is 24.3 Å². The molecule has 0 saturated heterocycles. The molecule has 0 heterocycles. The van der Waals surface area contributed by atoms with E-state index in [1.807, 2.05) is 26.0 Å². The summed E-state index contributed by atoms with van der Waals surface area (Å²) in [4.78, 5) is 0. The van der Waals surface area contributed by atoms with Crippen LogP contribution in [0, 0.1) is 11.6 Å². The number of hydrogen-bond acceptors (Lipinski definition) is 1. The Bertz CT molecular complexity index is 504. The largest absolute Gasteiger partial charge is 0.304 e. The van der Waals surface area contributed by atoms with Gasteiger partial charge in [-0.25, -0.2) is 8.78 Å². The van der Waals surface area contributed by atoms with Gasteiger partial charge in [-0.2, -0.15) is 0 Å². The summed E-state index contributed by atoms with van der Waals surface area (Å²) >= 11 is 0. The van der Waals surface area contributed by atoms with E-state index in [0.717, 1.165) is 11.1 Å². The van der Waals surface area contributed by atoms with Crippen LogP contribution in [-0.2, 0) is 0 Å². The first-order valence-corrected chi connectivity index (χ1v) is 6.33. The van der Waals surface area contributed by atoms with Crippen LogP contribution in [0.25, 0.3) is 0 Å². The lowest BCUT2D eigenvalue weighted by molar-refractivity contribution is 0.489. The molecule has 0 radical (unpaired) electrons. The van der Waals surface area contributed by atoms with Gasteiger partial charge in [-0.15, -0.1) is 0 Å². The van der Waals surface area contributed by atoms with Crippen molar-refractivity contribution in [2.24, 2.45) is 0 Å². The average molecular weight is 261 g/mol. The Balaban J connectivity index is 2.08. The van der Waals surface area contributed by atoms with Crippen LogP contribution in [0.5, 0.6) is 0 Å². The minimum Gasteiger partial charge on any atom is -0.304 e. The molecule has 0 bridgehead atoms. The Morgan fingerprint density at radius 3 is 1.58 bits per heavy atom. The van der Waals surface area contributed by atoms with Crippen LogP contribution in [-0.4, -0.2) is 0 Å². The summed E-state index contributed by atoms with van der Waals surface area (Å²) in [5.41, 5.74) is 1.76. The lowest BCUT2D eigenvalue weighted by Gasteiger charge is -2.21. The average Bonchev–Trinajstić information content (AvgIpc) is 2.38. The molecular weight excluding hydrogens is 244 g/mol. The standard InChI is InChI=1S/C16H17F2N/c1-11(13-5-3-7-15(17)9-13)19-12(2)14-6-4-8-16(18)10-14/h3-12,19H,1-2H3. The van der Waals surface area contributed by atoms with Gasteiger partial charge in [0.1, 0.15) is 11.6 Å². The van der Waals surface area contributed by atoms with E-state index in [1.54, 1.807) is 12.1 Å². The normalized spacial score (nSPS) is 14.1. The number of nitrogens with one attached hydrogen (secondary N) is 1. The molecule has 2 aromatic rings. The van der Waals surface area contributed by atoms with Crippen molar-refractivity contribution in [3.63, 3.8) is 0 Å². The van der Waals surface area contributed by atoms with E-state index < -0.39 is 0 Å². The zero-order chi connectivity index (χ0) is 13.8. The highest BCUT2D eigenvalue weighted by atomic mass is 19.1. The third-order valence-corrected chi connectivity index (χ3v) is 3.20. The molecular formula is C16H17F2N. The van der Waals surface area contributed by atoms with Crippen LogP contribution in [0.3, 0.4) is 0 Å². The molecule has 0 aliphatic rings. The summed E-state index contributed by atoms with van der Waals surface area (Å²) in [7, 11) is 0. The summed E-state index contributed by atoms with van der Waals surface area (Å²) < 4.78 is 26.3. The molecule has 0 aliphatic heterocycles. The first kappa shape index (κ1) is 13.7. The zero-order valence-corrected chi connectivity index (χ0v) is 11.0. The maximum Gasteiger partial charge on any atom is 0.123 e. The number of rotatable bonds is 4. The van der Waals surface area contributed by atoms with Gasteiger partial charge in [0.2, 0.25) is 0 Å². The van der Waals surface area contributed by atoms with E-state index in [2.05, 4.69) is 5.32 Å². The predicted molar refractivity (Wildman–Crippen MR) is 72.8 cm³/mol. The van der Waals surface area contributed by atoms with E-state index in [9.17, 15) is 8.78 Å². The van der Waals surface area contributed by atoms with Crippen molar-refractivity contribution in [2.45, 2.75) is 25.9 Å². The highest BCUT2D eigenvalue weighted by molar-refractivity contribution is 5.22.